The van der Waals surface area contributed by atoms with Gasteiger partial charge in [0.1, 0.15) is 0 Å². The van der Waals surface area contributed by atoms with E-state index in [1.807, 2.05) is 71.1 Å². The number of hydrogen-bond acceptors (Lipinski definition) is 4. The van der Waals surface area contributed by atoms with Gasteiger partial charge in [-0.25, -0.2) is 5.84 Å². The Bertz CT molecular complexity index is 675. The van der Waals surface area contributed by atoms with Gasteiger partial charge in [-0.15, -0.1) is 0 Å². The molecule has 24 heavy (non-hydrogen) atoms. The number of nitrogens with zero attached hydrogens (tertiary/aromatic N) is 1. The summed E-state index contributed by atoms with van der Waals surface area (Å²) in [6.45, 7) is 8.75. The molecule has 2 aromatic rings. The third-order valence-corrected chi connectivity index (χ3v) is 3.57. The van der Waals surface area contributed by atoms with Crippen molar-refractivity contribution in [3.63, 3.8) is 0 Å². The molecule has 2 aromatic carbocycles. The number of hydrogen-bond donors (Lipinski definition) is 3. The molecule has 1 aliphatic rings. The van der Waals surface area contributed by atoms with E-state index in [1.54, 1.807) is 5.01 Å². The number of rotatable bonds is 1. The van der Waals surface area contributed by atoms with Crippen molar-refractivity contribution in [2.75, 3.05) is 12.4 Å². The normalized spacial score (nSPS) is 14.9. The number of hydrazine groups is 1. The Hall–Kier alpha value is -2.46. The van der Waals surface area contributed by atoms with Gasteiger partial charge in [-0.2, -0.15) is 0 Å². The number of anilines is 1. The molecule has 0 amide bonds. The van der Waals surface area contributed by atoms with Crippen LogP contribution in [-0.2, 0) is 6.54 Å². The van der Waals surface area contributed by atoms with Crippen molar-refractivity contribution in [1.29, 1.82) is 0 Å². The molecule has 0 saturated heterocycles. The molecule has 0 atom stereocenters. The van der Waals surface area contributed by atoms with Gasteiger partial charge in [-0.05, 0) is 11.6 Å². The molecule has 4 nitrogen and oxygen atoms in total. The second-order valence-corrected chi connectivity index (χ2v) is 4.93. The van der Waals surface area contributed by atoms with Gasteiger partial charge in [0.2, 0.25) is 0 Å². The van der Waals surface area contributed by atoms with E-state index in [0.29, 0.717) is 5.70 Å². The van der Waals surface area contributed by atoms with Crippen LogP contribution in [0.15, 0.2) is 48.5 Å². The Labute approximate surface area is 146 Å². The fourth-order valence-corrected chi connectivity index (χ4v) is 2.62. The maximum absolute atomic E-state index is 6.39. The van der Waals surface area contributed by atoms with Crippen LogP contribution in [0.1, 0.15) is 44.4 Å². The average Bonchev–Trinajstić information content (AvgIpc) is 2.63. The quantitative estimate of drug-likeness (QED) is 0.541. The van der Waals surface area contributed by atoms with Crippen molar-refractivity contribution in [1.82, 2.24) is 5.01 Å². The Balaban J connectivity index is 0.000000671. The van der Waals surface area contributed by atoms with Crippen LogP contribution in [0.3, 0.4) is 0 Å². The summed E-state index contributed by atoms with van der Waals surface area (Å²) in [6.07, 6.45) is 0. The predicted octanol–water partition coefficient (Wildman–Crippen LogP) is 4.25. The summed E-state index contributed by atoms with van der Waals surface area (Å²) < 4.78 is 0. The Kier molecular flexibility index (Phi) is 7.86. The second kappa shape index (κ2) is 9.63. The lowest BCUT2D eigenvalue weighted by molar-refractivity contribution is 0.511. The van der Waals surface area contributed by atoms with E-state index in [0.717, 1.165) is 29.1 Å². The maximum atomic E-state index is 6.39. The second-order valence-electron chi connectivity index (χ2n) is 4.93. The Morgan fingerprint density at radius 1 is 0.875 bits per heavy atom. The fourth-order valence-electron chi connectivity index (χ4n) is 2.62. The van der Waals surface area contributed by atoms with E-state index in [1.165, 1.54) is 5.56 Å². The van der Waals surface area contributed by atoms with E-state index in [4.69, 9.17) is 11.6 Å². The van der Waals surface area contributed by atoms with Gasteiger partial charge in [-0.3, -0.25) is 0 Å². The lowest BCUT2D eigenvalue weighted by Crippen LogP contribution is -2.28. The summed E-state index contributed by atoms with van der Waals surface area (Å²) in [4.78, 5) is 0. The zero-order chi connectivity index (χ0) is 18.1. The third-order valence-electron chi connectivity index (χ3n) is 3.57. The molecule has 0 spiro atoms. The minimum Gasteiger partial charge on any atom is -0.396 e. The zero-order valence-corrected chi connectivity index (χ0v) is 15.4. The maximum Gasteiger partial charge on any atom is 0.0826 e. The minimum absolute atomic E-state index is 0.685. The molecule has 0 fully saturated rings. The fraction of sp³-hybridized carbons (Fsp3) is 0.300. The molecule has 3 rings (SSSR count). The van der Waals surface area contributed by atoms with Crippen LogP contribution in [-0.4, -0.2) is 12.1 Å². The molecule has 5 N–H and O–H groups in total. The molecule has 0 unspecified atom stereocenters. The van der Waals surface area contributed by atoms with Crippen molar-refractivity contribution in [3.05, 3.63) is 65.2 Å². The smallest absolute Gasteiger partial charge is 0.0826 e. The van der Waals surface area contributed by atoms with Gasteiger partial charge in [0, 0.05) is 30.4 Å². The van der Waals surface area contributed by atoms with Crippen LogP contribution in [0, 0.1) is 0 Å². The summed E-state index contributed by atoms with van der Waals surface area (Å²) in [6, 6.07) is 16.2. The molecule has 4 heteroatoms. The first-order valence-corrected chi connectivity index (χ1v) is 8.58. The third kappa shape index (κ3) is 4.09. The highest BCUT2D eigenvalue weighted by Crippen LogP contribution is 2.32. The van der Waals surface area contributed by atoms with E-state index < -0.39 is 0 Å². The summed E-state index contributed by atoms with van der Waals surface area (Å²) in [5.41, 5.74) is 12.2. The molecular weight excluding hydrogens is 296 g/mol. The van der Waals surface area contributed by atoms with Gasteiger partial charge in [-0.1, -0.05) is 70.2 Å². The van der Waals surface area contributed by atoms with Gasteiger partial charge in [0.25, 0.3) is 0 Å². The highest BCUT2D eigenvalue weighted by molar-refractivity contribution is 5.93. The van der Waals surface area contributed by atoms with E-state index in [2.05, 4.69) is 17.4 Å². The standard InChI is InChI=1S/C16H18N4.2C2H6/c1-20(18)16-12-7-3-2-6-11(12)10-19-14-9-5-4-8-13(14)15(16)17;2*1-2/h2-9,19H,10,17-18H2,1H3;2*1-2H3/b16-15-;;. The summed E-state index contributed by atoms with van der Waals surface area (Å²) in [7, 11) is 1.82. The van der Waals surface area contributed by atoms with Crippen molar-refractivity contribution in [2.24, 2.45) is 11.6 Å². The van der Waals surface area contributed by atoms with E-state index >= 15 is 0 Å². The molecule has 0 bridgehead atoms. The van der Waals surface area contributed by atoms with E-state index in [9.17, 15) is 0 Å². The zero-order valence-electron chi connectivity index (χ0n) is 15.4. The lowest BCUT2D eigenvalue weighted by atomic mass is 9.97. The molecule has 0 aromatic heterocycles. The summed E-state index contributed by atoms with van der Waals surface area (Å²) >= 11 is 0. The van der Waals surface area contributed by atoms with Crippen molar-refractivity contribution >= 4 is 17.1 Å². The SMILES string of the molecule is CC.CC.CN(N)/C1=C(\N)c2ccccc2NCc2ccccc21. The predicted molar refractivity (Wildman–Crippen MR) is 106 cm³/mol. The van der Waals surface area contributed by atoms with Crippen LogP contribution in [0.4, 0.5) is 5.69 Å². The number of para-hydroxylation sites is 1. The van der Waals surface area contributed by atoms with Crippen molar-refractivity contribution < 1.29 is 0 Å². The molecule has 1 aliphatic heterocycles. The summed E-state index contributed by atoms with van der Waals surface area (Å²) in [5, 5.41) is 5.03. The van der Waals surface area contributed by atoms with Gasteiger partial charge in [0.05, 0.1) is 11.4 Å². The van der Waals surface area contributed by atoms with E-state index in [-0.39, 0.29) is 0 Å². The number of benzene rings is 2. The summed E-state index contributed by atoms with van der Waals surface area (Å²) in [5.74, 6) is 6.03. The topological polar surface area (TPSA) is 67.3 Å². The first-order valence-electron chi connectivity index (χ1n) is 8.58. The molecule has 130 valence electrons. The van der Waals surface area contributed by atoms with Crippen LogP contribution < -0.4 is 16.9 Å². The first-order chi connectivity index (χ1) is 11.7. The van der Waals surface area contributed by atoms with Crippen molar-refractivity contribution in [3.8, 4) is 0 Å². The van der Waals surface area contributed by atoms with Crippen LogP contribution in [0.2, 0.25) is 0 Å². The lowest BCUT2D eigenvalue weighted by Gasteiger charge is -2.26. The minimum atomic E-state index is 0.685. The molecular formula is C20H30N4. The van der Waals surface area contributed by atoms with Gasteiger partial charge in [0.15, 0.2) is 0 Å². The molecule has 0 radical (unpaired) electrons. The van der Waals surface area contributed by atoms with Gasteiger partial charge < -0.3 is 16.1 Å². The molecule has 1 heterocycles. The number of nitrogens with one attached hydrogen (secondary N) is 1. The van der Waals surface area contributed by atoms with Crippen LogP contribution in [0.5, 0.6) is 0 Å². The Morgan fingerprint density at radius 2 is 1.42 bits per heavy atom. The molecule has 0 saturated carbocycles. The highest BCUT2D eigenvalue weighted by atomic mass is 15.4. The Morgan fingerprint density at radius 3 is 2.04 bits per heavy atom. The van der Waals surface area contributed by atoms with Gasteiger partial charge >= 0.3 is 0 Å². The van der Waals surface area contributed by atoms with Crippen LogP contribution >= 0.6 is 0 Å². The first kappa shape index (κ1) is 19.6. The molecule has 0 aliphatic carbocycles. The average molecular weight is 326 g/mol. The van der Waals surface area contributed by atoms with Crippen molar-refractivity contribution in [2.45, 2.75) is 34.2 Å². The number of fused-ring (bicyclic) bond motifs is 2. The van der Waals surface area contributed by atoms with Crippen LogP contribution in [0.25, 0.3) is 11.4 Å². The monoisotopic (exact) mass is 326 g/mol. The highest BCUT2D eigenvalue weighted by Gasteiger charge is 2.19. The number of nitrogens with two attached hydrogens (primary N) is 2. The largest absolute Gasteiger partial charge is 0.396 e.